The van der Waals surface area contributed by atoms with Crippen molar-refractivity contribution in [3.8, 4) is 16.9 Å². The van der Waals surface area contributed by atoms with Gasteiger partial charge >= 0.3 is 0 Å². The Morgan fingerprint density at radius 2 is 2.21 bits per heavy atom. The van der Waals surface area contributed by atoms with Gasteiger partial charge in [0.15, 0.2) is 0 Å². The van der Waals surface area contributed by atoms with Gasteiger partial charge in [0.2, 0.25) is 0 Å². The number of nitrogen functional groups attached to an aromatic ring is 1. The standard InChI is InChI=1S/C14H16ClN3O/c1-18-14(16)13(7-17-18)10-4-11(15)6-12(5-10)19-8-9-2-3-9/h4-7,9H,2-3,8,16H2,1H3. The van der Waals surface area contributed by atoms with Crippen molar-refractivity contribution in [3.05, 3.63) is 29.4 Å². The van der Waals surface area contributed by atoms with Crippen molar-refractivity contribution in [1.82, 2.24) is 9.78 Å². The van der Waals surface area contributed by atoms with Crippen LogP contribution in [0.15, 0.2) is 24.4 Å². The minimum absolute atomic E-state index is 0.621. The van der Waals surface area contributed by atoms with Crippen molar-refractivity contribution >= 4 is 17.4 Å². The average molecular weight is 278 g/mol. The number of nitrogens with two attached hydrogens (primary N) is 1. The molecule has 2 N–H and O–H groups in total. The van der Waals surface area contributed by atoms with Crippen molar-refractivity contribution in [2.24, 2.45) is 13.0 Å². The molecule has 0 unspecified atom stereocenters. The highest BCUT2D eigenvalue weighted by molar-refractivity contribution is 6.31. The first-order valence-corrected chi connectivity index (χ1v) is 6.72. The van der Waals surface area contributed by atoms with Gasteiger partial charge in [-0.1, -0.05) is 11.6 Å². The lowest BCUT2D eigenvalue weighted by molar-refractivity contribution is 0.300. The summed E-state index contributed by atoms with van der Waals surface area (Å²) in [4.78, 5) is 0. The van der Waals surface area contributed by atoms with Crippen LogP contribution in [0.1, 0.15) is 12.8 Å². The number of rotatable bonds is 4. The number of anilines is 1. The normalized spacial score (nSPS) is 14.6. The first kappa shape index (κ1) is 12.4. The molecule has 2 aromatic rings. The molecule has 1 aromatic carbocycles. The molecule has 3 rings (SSSR count). The summed E-state index contributed by atoms with van der Waals surface area (Å²) < 4.78 is 7.41. The van der Waals surface area contributed by atoms with Crippen molar-refractivity contribution in [2.75, 3.05) is 12.3 Å². The number of nitrogens with zero attached hydrogens (tertiary/aromatic N) is 2. The van der Waals surface area contributed by atoms with Crippen LogP contribution in [0.4, 0.5) is 5.82 Å². The summed E-state index contributed by atoms with van der Waals surface area (Å²) in [6.07, 6.45) is 4.28. The summed E-state index contributed by atoms with van der Waals surface area (Å²) >= 11 is 6.14. The quantitative estimate of drug-likeness (QED) is 0.934. The van der Waals surface area contributed by atoms with E-state index in [1.807, 2.05) is 25.2 Å². The molecule has 0 amide bonds. The van der Waals surface area contributed by atoms with Crippen molar-refractivity contribution < 1.29 is 4.74 Å². The van der Waals surface area contributed by atoms with Gasteiger partial charge in [0.1, 0.15) is 11.6 Å². The molecule has 0 radical (unpaired) electrons. The molecule has 0 spiro atoms. The number of aromatic nitrogens is 2. The zero-order chi connectivity index (χ0) is 13.4. The van der Waals surface area contributed by atoms with Crippen LogP contribution in [0.5, 0.6) is 5.75 Å². The van der Waals surface area contributed by atoms with Crippen LogP contribution in [-0.4, -0.2) is 16.4 Å². The Balaban J connectivity index is 1.89. The number of hydrogen-bond donors (Lipinski definition) is 1. The van der Waals surface area contributed by atoms with Crippen molar-refractivity contribution in [3.63, 3.8) is 0 Å². The zero-order valence-electron chi connectivity index (χ0n) is 10.8. The highest BCUT2D eigenvalue weighted by Gasteiger charge is 2.22. The third-order valence-corrected chi connectivity index (χ3v) is 3.57. The fourth-order valence-corrected chi connectivity index (χ4v) is 2.19. The van der Waals surface area contributed by atoms with Crippen LogP contribution in [-0.2, 0) is 7.05 Å². The van der Waals surface area contributed by atoms with E-state index in [9.17, 15) is 0 Å². The fraction of sp³-hybridized carbons (Fsp3) is 0.357. The van der Waals surface area contributed by atoms with E-state index in [0.29, 0.717) is 16.8 Å². The zero-order valence-corrected chi connectivity index (χ0v) is 11.5. The Morgan fingerprint density at radius 3 is 2.84 bits per heavy atom. The molecule has 5 heteroatoms. The number of benzene rings is 1. The van der Waals surface area contributed by atoms with Gasteiger partial charge in [0.25, 0.3) is 0 Å². The van der Waals surface area contributed by atoms with E-state index in [1.165, 1.54) is 12.8 Å². The number of hydrogen-bond acceptors (Lipinski definition) is 3. The topological polar surface area (TPSA) is 53.1 Å². The van der Waals surface area contributed by atoms with Crippen molar-refractivity contribution in [2.45, 2.75) is 12.8 Å². The molecule has 1 fully saturated rings. The van der Waals surface area contributed by atoms with Gasteiger partial charge in [0, 0.05) is 17.6 Å². The molecule has 1 heterocycles. The van der Waals surface area contributed by atoms with E-state index < -0.39 is 0 Å². The van der Waals surface area contributed by atoms with Gasteiger partial charge in [-0.05, 0) is 42.5 Å². The third kappa shape index (κ3) is 2.68. The largest absolute Gasteiger partial charge is 0.493 e. The second-order valence-corrected chi connectivity index (χ2v) is 5.43. The Kier molecular flexibility index (Phi) is 3.11. The predicted octanol–water partition coefficient (Wildman–Crippen LogP) is 3.11. The lowest BCUT2D eigenvalue weighted by atomic mass is 10.1. The van der Waals surface area contributed by atoms with E-state index >= 15 is 0 Å². The molecule has 100 valence electrons. The molecule has 0 bridgehead atoms. The minimum atomic E-state index is 0.621. The first-order chi connectivity index (χ1) is 9.13. The maximum Gasteiger partial charge on any atom is 0.129 e. The molecule has 1 saturated carbocycles. The van der Waals surface area contributed by atoms with Crippen LogP contribution in [0.25, 0.3) is 11.1 Å². The lowest BCUT2D eigenvalue weighted by Gasteiger charge is -2.08. The van der Waals surface area contributed by atoms with Crippen LogP contribution >= 0.6 is 11.6 Å². The fourth-order valence-electron chi connectivity index (χ4n) is 1.97. The molecule has 1 aliphatic rings. The molecule has 0 aliphatic heterocycles. The van der Waals surface area contributed by atoms with Crippen LogP contribution in [0.2, 0.25) is 5.02 Å². The molecule has 1 aliphatic carbocycles. The smallest absolute Gasteiger partial charge is 0.129 e. The van der Waals surface area contributed by atoms with E-state index in [-0.39, 0.29) is 0 Å². The van der Waals surface area contributed by atoms with Crippen LogP contribution in [0.3, 0.4) is 0 Å². The molecule has 4 nitrogen and oxygen atoms in total. The maximum absolute atomic E-state index is 6.14. The van der Waals surface area contributed by atoms with Crippen LogP contribution in [0, 0.1) is 5.92 Å². The van der Waals surface area contributed by atoms with E-state index in [4.69, 9.17) is 22.1 Å². The van der Waals surface area contributed by atoms with Gasteiger partial charge in [-0.25, -0.2) is 0 Å². The number of halogens is 1. The summed E-state index contributed by atoms with van der Waals surface area (Å²) in [6, 6.07) is 5.67. The SMILES string of the molecule is Cn1ncc(-c2cc(Cl)cc(OCC3CC3)c2)c1N. The molecular formula is C14H16ClN3O. The number of ether oxygens (including phenoxy) is 1. The Bertz CT molecular complexity index is 605. The second-order valence-electron chi connectivity index (χ2n) is 5.00. The summed E-state index contributed by atoms with van der Waals surface area (Å²) in [5, 5.41) is 4.79. The molecule has 19 heavy (non-hydrogen) atoms. The molecule has 0 atom stereocenters. The van der Waals surface area contributed by atoms with Gasteiger partial charge in [-0.15, -0.1) is 0 Å². The van der Waals surface area contributed by atoms with Crippen LogP contribution < -0.4 is 10.5 Å². The van der Waals surface area contributed by atoms with Gasteiger partial charge in [-0.2, -0.15) is 5.10 Å². The van der Waals surface area contributed by atoms with Gasteiger partial charge < -0.3 is 10.5 Å². The van der Waals surface area contributed by atoms with Crippen molar-refractivity contribution in [1.29, 1.82) is 0 Å². The summed E-state index contributed by atoms with van der Waals surface area (Å²) in [5.74, 6) is 2.12. The predicted molar refractivity (Wildman–Crippen MR) is 76.3 cm³/mol. The monoisotopic (exact) mass is 277 g/mol. The Morgan fingerprint density at radius 1 is 1.42 bits per heavy atom. The highest BCUT2D eigenvalue weighted by Crippen LogP contribution is 2.33. The van der Waals surface area contributed by atoms with E-state index in [0.717, 1.165) is 23.5 Å². The minimum Gasteiger partial charge on any atom is -0.493 e. The third-order valence-electron chi connectivity index (χ3n) is 3.35. The molecule has 0 saturated heterocycles. The summed E-state index contributed by atoms with van der Waals surface area (Å²) in [6.45, 7) is 0.766. The highest BCUT2D eigenvalue weighted by atomic mass is 35.5. The second kappa shape index (κ2) is 4.78. The Labute approximate surface area is 117 Å². The lowest BCUT2D eigenvalue weighted by Crippen LogP contribution is -2.00. The summed E-state index contributed by atoms with van der Waals surface area (Å²) in [5.41, 5.74) is 7.79. The van der Waals surface area contributed by atoms with E-state index in [2.05, 4.69) is 5.10 Å². The maximum atomic E-state index is 6.14. The molecular weight excluding hydrogens is 262 g/mol. The number of aryl methyl sites for hydroxylation is 1. The van der Waals surface area contributed by atoms with Gasteiger partial charge in [-0.3, -0.25) is 4.68 Å². The summed E-state index contributed by atoms with van der Waals surface area (Å²) in [7, 11) is 1.81. The first-order valence-electron chi connectivity index (χ1n) is 6.34. The molecule has 1 aromatic heterocycles. The van der Waals surface area contributed by atoms with Gasteiger partial charge in [0.05, 0.1) is 12.8 Å². The van der Waals surface area contributed by atoms with E-state index in [1.54, 1.807) is 10.9 Å². The average Bonchev–Trinajstić information content (AvgIpc) is 3.14. The Hall–Kier alpha value is -1.68.